The smallest absolute Gasteiger partial charge is 0.459 e. The Morgan fingerprint density at radius 3 is 2.84 bits per heavy atom. The van der Waals surface area contributed by atoms with Crippen LogP contribution in [0.4, 0.5) is 5.82 Å². The van der Waals surface area contributed by atoms with Crippen LogP contribution in [0.25, 0.3) is 0 Å². The number of esters is 1. The van der Waals surface area contributed by atoms with Crippen molar-refractivity contribution in [2.75, 3.05) is 25.6 Å². The Hall–Kier alpha value is -2.80. The molecule has 1 aromatic heterocycles. The van der Waals surface area contributed by atoms with E-state index in [9.17, 15) is 19.3 Å². The van der Waals surface area contributed by atoms with Gasteiger partial charge in [0.05, 0.1) is 13.2 Å². The normalized spacial score (nSPS) is 27.6. The van der Waals surface area contributed by atoms with Crippen LogP contribution in [0.3, 0.4) is 0 Å². The Kier molecular flexibility index (Phi) is 8.32. The Labute approximate surface area is 213 Å². The second-order valence-corrected chi connectivity index (χ2v) is 10.5. The maximum absolute atomic E-state index is 13.9. The van der Waals surface area contributed by atoms with Gasteiger partial charge in [-0.05, 0) is 44.9 Å². The van der Waals surface area contributed by atoms with Gasteiger partial charge in [-0.1, -0.05) is 18.2 Å². The predicted molar refractivity (Wildman–Crippen MR) is 131 cm³/mol. The average Bonchev–Trinajstić information content (AvgIpc) is 3.16. The minimum atomic E-state index is -4.19. The van der Waals surface area contributed by atoms with Crippen LogP contribution in [-0.4, -0.2) is 64.3 Å². The van der Waals surface area contributed by atoms with E-state index in [-0.39, 0.29) is 24.8 Å². The second kappa shape index (κ2) is 11.3. The lowest BCUT2D eigenvalue weighted by atomic mass is 9.89. The third-order valence-corrected chi connectivity index (χ3v) is 7.71. The molecule has 6 atom stereocenters. The third-order valence-electron chi connectivity index (χ3n) is 6.08. The summed E-state index contributed by atoms with van der Waals surface area (Å²) in [6.45, 7) is 3.29. The molecule has 37 heavy (non-hydrogen) atoms. The molecule has 14 heteroatoms. The molecule has 4 rings (SSSR count). The van der Waals surface area contributed by atoms with Gasteiger partial charge in [-0.2, -0.15) is 10.1 Å². The first-order valence-corrected chi connectivity index (χ1v) is 13.5. The first-order valence-electron chi connectivity index (χ1n) is 11.9. The van der Waals surface area contributed by atoms with Gasteiger partial charge >= 0.3 is 19.4 Å². The van der Waals surface area contributed by atoms with E-state index in [1.54, 1.807) is 37.3 Å². The Morgan fingerprint density at radius 2 is 2.14 bits per heavy atom. The van der Waals surface area contributed by atoms with Crippen molar-refractivity contribution in [1.29, 1.82) is 0 Å². The minimum absolute atomic E-state index is 0.0289. The highest BCUT2D eigenvalue weighted by Crippen LogP contribution is 2.50. The molecule has 202 valence electrons. The van der Waals surface area contributed by atoms with Crippen molar-refractivity contribution in [3.05, 3.63) is 53.1 Å². The number of nitrogens with one attached hydrogen (secondary N) is 1. The number of carbonyl (C=O) groups is 1. The number of aliphatic hydroxyl groups excluding tert-OH is 1. The van der Waals surface area contributed by atoms with Crippen LogP contribution >= 0.6 is 7.75 Å². The summed E-state index contributed by atoms with van der Waals surface area (Å²) in [5.41, 5.74) is 3.61. The van der Waals surface area contributed by atoms with Crippen LogP contribution in [0, 0.1) is 0 Å². The number of carbonyl (C=O) groups excluding carboxylic acids is 1. The number of nitrogen functional groups attached to an aromatic ring is 1. The van der Waals surface area contributed by atoms with E-state index in [0.29, 0.717) is 19.4 Å². The van der Waals surface area contributed by atoms with Crippen LogP contribution in [-0.2, 0) is 28.1 Å². The summed E-state index contributed by atoms with van der Waals surface area (Å²) in [7, 11) is -4.19. The molecule has 0 amide bonds. The summed E-state index contributed by atoms with van der Waals surface area (Å²) in [5.74, 6) is -0.364. The molecular weight excluding hydrogens is 507 g/mol. The van der Waals surface area contributed by atoms with E-state index >= 15 is 0 Å². The lowest BCUT2D eigenvalue weighted by Crippen LogP contribution is -2.51. The Bertz CT molecular complexity index is 1200. The monoisotopic (exact) mass is 538 g/mol. The highest BCUT2D eigenvalue weighted by Gasteiger charge is 2.58. The summed E-state index contributed by atoms with van der Waals surface area (Å²) in [5, 5.41) is 13.6. The maximum atomic E-state index is 13.9. The molecule has 2 aromatic rings. The summed E-state index contributed by atoms with van der Waals surface area (Å²) >= 11 is 0. The van der Waals surface area contributed by atoms with Gasteiger partial charge in [0.25, 0.3) is 0 Å². The molecule has 1 aromatic carbocycles. The number of aliphatic hydroxyl groups is 1. The number of hydrogen-bond acceptors (Lipinski definition) is 11. The van der Waals surface area contributed by atoms with E-state index in [2.05, 4.69) is 10.1 Å². The maximum Gasteiger partial charge on any atom is 0.459 e. The van der Waals surface area contributed by atoms with E-state index in [4.69, 9.17) is 29.0 Å². The van der Waals surface area contributed by atoms with Gasteiger partial charge < -0.3 is 29.6 Å². The molecule has 0 spiro atoms. The fourth-order valence-corrected chi connectivity index (χ4v) is 5.91. The SMILES string of the molecule is CCOC(=O)[C@H](C)NP(=O)(OC[C@]12CCCO[C@H]1[C@@H](O)[C@H](n1ccc(N)nc1=O)O2)Oc1ccccc1. The molecule has 1 unspecified atom stereocenters. The van der Waals surface area contributed by atoms with Gasteiger partial charge in [-0.3, -0.25) is 13.9 Å². The Morgan fingerprint density at radius 1 is 1.38 bits per heavy atom. The summed E-state index contributed by atoms with van der Waals surface area (Å²) < 4.78 is 43.5. The second-order valence-electron chi connectivity index (χ2n) is 8.78. The highest BCUT2D eigenvalue weighted by molar-refractivity contribution is 7.52. The number of aromatic nitrogens is 2. The van der Waals surface area contributed by atoms with Gasteiger partial charge in [0.2, 0.25) is 0 Å². The average molecular weight is 538 g/mol. The van der Waals surface area contributed by atoms with Crippen molar-refractivity contribution in [2.45, 2.75) is 56.8 Å². The lowest BCUT2D eigenvalue weighted by molar-refractivity contribution is -0.163. The molecule has 4 N–H and O–H groups in total. The molecule has 0 radical (unpaired) electrons. The van der Waals surface area contributed by atoms with Crippen molar-refractivity contribution in [1.82, 2.24) is 14.6 Å². The molecular formula is C23H31N4O9P. The van der Waals surface area contributed by atoms with Crippen LogP contribution in [0.5, 0.6) is 5.75 Å². The van der Waals surface area contributed by atoms with Gasteiger partial charge in [-0.15, -0.1) is 0 Å². The number of fused-ring (bicyclic) bond motifs is 1. The molecule has 2 aliphatic rings. The van der Waals surface area contributed by atoms with Gasteiger partial charge in [0, 0.05) is 12.8 Å². The van der Waals surface area contributed by atoms with E-state index < -0.39 is 49.5 Å². The first-order chi connectivity index (χ1) is 17.7. The van der Waals surface area contributed by atoms with E-state index in [0.717, 1.165) is 4.57 Å². The standard InChI is InChI=1S/C23H31N4O9P/c1-3-32-21(29)15(2)26-37(31,36-16-8-5-4-6-9-16)34-14-23-11-7-13-33-19(23)18(28)20(35-23)27-12-10-17(24)25-22(27)30/h4-6,8-10,12,15,18-20,28H,3,7,11,13-14H2,1-2H3,(H,26,31)(H2,24,25,30)/t15-,18+,19-,20+,23+,37?/m0/s1. The quantitative estimate of drug-likeness (QED) is 0.293. The molecule has 0 bridgehead atoms. The molecule has 0 saturated carbocycles. The molecule has 13 nitrogen and oxygen atoms in total. The molecule has 2 saturated heterocycles. The number of para-hydroxylation sites is 1. The zero-order valence-corrected chi connectivity index (χ0v) is 21.4. The summed E-state index contributed by atoms with van der Waals surface area (Å²) in [4.78, 5) is 28.3. The first kappa shape index (κ1) is 27.2. The van der Waals surface area contributed by atoms with Gasteiger partial charge in [0.15, 0.2) is 6.23 Å². The number of ether oxygens (including phenoxy) is 3. The number of hydrogen-bond donors (Lipinski definition) is 3. The van der Waals surface area contributed by atoms with Gasteiger partial charge in [0.1, 0.15) is 35.4 Å². The van der Waals surface area contributed by atoms with Crippen LogP contribution in [0.2, 0.25) is 0 Å². The zero-order valence-electron chi connectivity index (χ0n) is 20.5. The van der Waals surface area contributed by atoms with Crippen molar-refractivity contribution in [3.8, 4) is 5.75 Å². The van der Waals surface area contributed by atoms with Crippen molar-refractivity contribution >= 4 is 19.5 Å². The number of rotatable bonds is 10. The van der Waals surface area contributed by atoms with Crippen molar-refractivity contribution in [2.24, 2.45) is 0 Å². The molecule has 2 aliphatic heterocycles. The molecule has 0 aliphatic carbocycles. The minimum Gasteiger partial charge on any atom is -0.465 e. The largest absolute Gasteiger partial charge is 0.465 e. The third kappa shape index (κ3) is 6.03. The summed E-state index contributed by atoms with van der Waals surface area (Å²) in [6, 6.07) is 8.71. The Balaban J connectivity index is 1.59. The van der Waals surface area contributed by atoms with Crippen LogP contribution < -0.4 is 21.0 Å². The number of anilines is 1. The van der Waals surface area contributed by atoms with Gasteiger partial charge in [-0.25, -0.2) is 9.36 Å². The molecule has 2 fully saturated rings. The van der Waals surface area contributed by atoms with Crippen LogP contribution in [0.15, 0.2) is 47.4 Å². The lowest BCUT2D eigenvalue weighted by Gasteiger charge is -2.38. The predicted octanol–water partition coefficient (Wildman–Crippen LogP) is 1.38. The topological polar surface area (TPSA) is 173 Å². The zero-order chi connectivity index (χ0) is 26.6. The fraction of sp³-hybridized carbons (Fsp3) is 0.522. The number of nitrogens with zero attached hydrogens (tertiary/aromatic N) is 2. The van der Waals surface area contributed by atoms with Crippen molar-refractivity contribution < 1.29 is 37.7 Å². The highest BCUT2D eigenvalue weighted by atomic mass is 31.2. The fourth-order valence-electron chi connectivity index (χ4n) is 4.36. The molecule has 3 heterocycles. The van der Waals surface area contributed by atoms with Crippen LogP contribution in [0.1, 0.15) is 32.9 Å². The van der Waals surface area contributed by atoms with Crippen molar-refractivity contribution in [3.63, 3.8) is 0 Å². The van der Waals surface area contributed by atoms with E-state index in [1.807, 2.05) is 0 Å². The summed E-state index contributed by atoms with van der Waals surface area (Å²) in [6.07, 6.45) is -0.994. The number of benzene rings is 1. The number of nitrogens with two attached hydrogens (primary N) is 1. The van der Waals surface area contributed by atoms with E-state index in [1.165, 1.54) is 19.2 Å².